The Bertz CT molecular complexity index is 210. The molecule has 0 aliphatic rings. The molecular weight excluding hydrogens is 216 g/mol. The molecule has 1 aromatic rings. The highest BCUT2D eigenvalue weighted by Gasteiger charge is 2.02. The third-order valence-corrected chi connectivity index (χ3v) is 2.12. The van der Waals surface area contributed by atoms with Gasteiger partial charge in [-0.2, -0.15) is 0 Å². The van der Waals surface area contributed by atoms with Crippen LogP contribution >= 0.6 is 34.8 Å². The minimum Gasteiger partial charge on any atom is -0.238 e. The van der Waals surface area contributed by atoms with Gasteiger partial charge in [0.05, 0.1) is 15.7 Å². The second kappa shape index (κ2) is 5.63. The number of rotatable bonds is 0. The molecule has 0 aliphatic heterocycles. The molecule has 0 fully saturated rings. The highest BCUT2D eigenvalue weighted by Crippen LogP contribution is 2.24. The summed E-state index contributed by atoms with van der Waals surface area (Å²) in [4.78, 5) is 3.87. The third kappa shape index (κ3) is 3.18. The van der Waals surface area contributed by atoms with Gasteiger partial charge < -0.3 is 0 Å². The van der Waals surface area contributed by atoms with Crippen molar-refractivity contribution in [3.8, 4) is 0 Å². The van der Waals surface area contributed by atoms with Crippen LogP contribution in [0.25, 0.3) is 0 Å². The molecule has 0 unspecified atom stereocenters. The lowest BCUT2D eigenvalue weighted by atomic mass is 10.4. The van der Waals surface area contributed by atoms with E-state index in [0.717, 1.165) is 0 Å². The molecule has 0 saturated heterocycles. The van der Waals surface area contributed by atoms with Crippen molar-refractivity contribution in [1.29, 1.82) is 0 Å². The summed E-state index contributed by atoms with van der Waals surface area (Å²) in [7, 11) is 0. The van der Waals surface area contributed by atoms with Crippen LogP contribution in [0.2, 0.25) is 15.2 Å². The minimum absolute atomic E-state index is 0.295. The largest absolute Gasteiger partial charge is 0.238 e. The van der Waals surface area contributed by atoms with Crippen molar-refractivity contribution >= 4 is 34.8 Å². The van der Waals surface area contributed by atoms with Crippen molar-refractivity contribution in [1.82, 2.24) is 4.98 Å². The average Bonchev–Trinajstić information content (AvgIpc) is 2.05. The van der Waals surface area contributed by atoms with Gasteiger partial charge in [0.25, 0.3) is 0 Å². The third-order valence-electron chi connectivity index (χ3n) is 1.06. The zero-order valence-corrected chi connectivity index (χ0v) is 9.43. The first-order valence-corrected chi connectivity index (χ1v) is 4.73. The van der Waals surface area contributed by atoms with Gasteiger partial charge in [-0.3, -0.25) is 0 Å². The molecule has 1 nitrogen and oxygen atoms in total. The molecule has 68 valence electrons. The zero-order valence-electron chi connectivity index (χ0n) is 7.16. The SMILES string of the molecule is CC.Cc1nc(Cl)c(Cl)cc1Cl. The molecule has 0 spiro atoms. The molecule has 0 radical (unpaired) electrons. The number of nitrogens with zero attached hydrogens (tertiary/aromatic N) is 1. The molecule has 0 aliphatic carbocycles. The van der Waals surface area contributed by atoms with Crippen LogP contribution in [0, 0.1) is 6.92 Å². The molecule has 1 aromatic heterocycles. The molecule has 0 bridgehead atoms. The first-order chi connectivity index (χ1) is 5.61. The van der Waals surface area contributed by atoms with Gasteiger partial charge in [0, 0.05) is 0 Å². The molecular formula is C8H10Cl3N. The van der Waals surface area contributed by atoms with E-state index >= 15 is 0 Å². The molecule has 0 N–H and O–H groups in total. The van der Waals surface area contributed by atoms with E-state index < -0.39 is 0 Å². The van der Waals surface area contributed by atoms with Gasteiger partial charge in [0.2, 0.25) is 0 Å². The van der Waals surface area contributed by atoms with Crippen molar-refractivity contribution in [2.24, 2.45) is 0 Å². The van der Waals surface area contributed by atoms with Crippen molar-refractivity contribution < 1.29 is 0 Å². The van der Waals surface area contributed by atoms with E-state index in [0.29, 0.717) is 20.9 Å². The van der Waals surface area contributed by atoms with E-state index in [1.807, 2.05) is 13.8 Å². The predicted octanol–water partition coefficient (Wildman–Crippen LogP) is 4.38. The molecule has 1 rings (SSSR count). The van der Waals surface area contributed by atoms with E-state index in [-0.39, 0.29) is 0 Å². The maximum absolute atomic E-state index is 5.68. The van der Waals surface area contributed by atoms with Gasteiger partial charge in [-0.1, -0.05) is 48.7 Å². The topological polar surface area (TPSA) is 12.9 Å². The highest BCUT2D eigenvalue weighted by atomic mass is 35.5. The first kappa shape index (κ1) is 12.0. The van der Waals surface area contributed by atoms with Gasteiger partial charge in [0.15, 0.2) is 0 Å². The van der Waals surface area contributed by atoms with Gasteiger partial charge in [-0.15, -0.1) is 0 Å². The summed E-state index contributed by atoms with van der Waals surface area (Å²) in [5.41, 5.74) is 0.691. The number of aryl methyl sites for hydroxylation is 1. The maximum atomic E-state index is 5.68. The lowest BCUT2D eigenvalue weighted by Crippen LogP contribution is -1.83. The van der Waals surface area contributed by atoms with Crippen LogP contribution < -0.4 is 0 Å². The Morgan fingerprint density at radius 1 is 1.08 bits per heavy atom. The number of aromatic nitrogens is 1. The maximum Gasteiger partial charge on any atom is 0.148 e. The smallest absolute Gasteiger partial charge is 0.148 e. The van der Waals surface area contributed by atoms with E-state index in [4.69, 9.17) is 34.8 Å². The van der Waals surface area contributed by atoms with Crippen LogP contribution in [0.1, 0.15) is 19.5 Å². The van der Waals surface area contributed by atoms with Gasteiger partial charge in [-0.25, -0.2) is 4.98 Å². The number of hydrogen-bond acceptors (Lipinski definition) is 1. The Balaban J connectivity index is 0.000000561. The molecule has 0 aromatic carbocycles. The monoisotopic (exact) mass is 225 g/mol. The van der Waals surface area contributed by atoms with E-state index in [1.54, 1.807) is 13.0 Å². The van der Waals surface area contributed by atoms with Crippen molar-refractivity contribution in [2.75, 3.05) is 0 Å². The predicted molar refractivity (Wildman–Crippen MR) is 55.4 cm³/mol. The highest BCUT2D eigenvalue weighted by molar-refractivity contribution is 6.42. The minimum atomic E-state index is 0.295. The lowest BCUT2D eigenvalue weighted by Gasteiger charge is -1.98. The summed E-state index contributed by atoms with van der Waals surface area (Å²) in [6.45, 7) is 5.77. The van der Waals surface area contributed by atoms with E-state index in [9.17, 15) is 0 Å². The van der Waals surface area contributed by atoms with Gasteiger partial charge in [-0.05, 0) is 13.0 Å². The Morgan fingerprint density at radius 3 is 2.00 bits per heavy atom. The van der Waals surface area contributed by atoms with Gasteiger partial charge in [0.1, 0.15) is 5.15 Å². The second-order valence-corrected chi connectivity index (χ2v) is 3.00. The Kier molecular flexibility index (Phi) is 5.64. The second-order valence-electron chi connectivity index (χ2n) is 1.83. The zero-order chi connectivity index (χ0) is 9.72. The number of hydrogen-bond donors (Lipinski definition) is 0. The van der Waals surface area contributed by atoms with Crippen LogP contribution in [0.5, 0.6) is 0 Å². The number of halogens is 3. The molecule has 0 atom stereocenters. The Hall–Kier alpha value is 0.0200. The van der Waals surface area contributed by atoms with E-state index in [1.165, 1.54) is 0 Å². The Labute approximate surface area is 87.7 Å². The standard InChI is InChI=1S/C6H4Cl3N.C2H6/c1-3-4(7)2-5(8)6(9)10-3;1-2/h2H,1H3;1-2H3. The molecule has 0 saturated carbocycles. The first-order valence-electron chi connectivity index (χ1n) is 3.59. The van der Waals surface area contributed by atoms with Crippen molar-refractivity contribution in [3.63, 3.8) is 0 Å². The summed E-state index contributed by atoms with van der Waals surface area (Å²) >= 11 is 16.9. The quantitative estimate of drug-likeness (QED) is 0.599. The van der Waals surface area contributed by atoms with Crippen molar-refractivity contribution in [3.05, 3.63) is 27.0 Å². The van der Waals surface area contributed by atoms with Crippen LogP contribution in [0.15, 0.2) is 6.07 Å². The van der Waals surface area contributed by atoms with Crippen LogP contribution in [-0.4, -0.2) is 4.98 Å². The number of pyridine rings is 1. The summed E-state index contributed by atoms with van der Waals surface area (Å²) < 4.78 is 0. The normalized spacial score (nSPS) is 8.83. The fourth-order valence-corrected chi connectivity index (χ4v) is 1.07. The molecule has 12 heavy (non-hydrogen) atoms. The molecule has 0 amide bonds. The van der Waals surface area contributed by atoms with E-state index in [2.05, 4.69) is 4.98 Å². The fourth-order valence-electron chi connectivity index (χ4n) is 0.529. The van der Waals surface area contributed by atoms with Crippen molar-refractivity contribution in [2.45, 2.75) is 20.8 Å². The van der Waals surface area contributed by atoms with Crippen LogP contribution in [0.4, 0.5) is 0 Å². The summed E-state index contributed by atoms with van der Waals surface area (Å²) in [5, 5.41) is 1.22. The molecule has 4 heteroatoms. The summed E-state index contributed by atoms with van der Waals surface area (Å²) in [6.07, 6.45) is 0. The van der Waals surface area contributed by atoms with Crippen LogP contribution in [0.3, 0.4) is 0 Å². The summed E-state index contributed by atoms with van der Waals surface area (Å²) in [6, 6.07) is 1.58. The fraction of sp³-hybridized carbons (Fsp3) is 0.375. The van der Waals surface area contributed by atoms with Crippen LogP contribution in [-0.2, 0) is 0 Å². The van der Waals surface area contributed by atoms with Gasteiger partial charge >= 0.3 is 0 Å². The lowest BCUT2D eigenvalue weighted by molar-refractivity contribution is 1.20. The average molecular weight is 227 g/mol. The summed E-state index contributed by atoms with van der Waals surface area (Å²) in [5.74, 6) is 0. The molecule has 1 heterocycles. The Morgan fingerprint density at radius 2 is 1.58 bits per heavy atom.